The van der Waals surface area contributed by atoms with E-state index in [1.165, 1.54) is 5.56 Å². The second kappa shape index (κ2) is 6.58. The molecule has 0 atom stereocenters. The van der Waals surface area contributed by atoms with Crippen molar-refractivity contribution in [3.8, 4) is 11.5 Å². The summed E-state index contributed by atoms with van der Waals surface area (Å²) >= 11 is 1.81. The van der Waals surface area contributed by atoms with Crippen molar-refractivity contribution >= 4 is 11.8 Å². The Morgan fingerprint density at radius 2 is 1.73 bits per heavy atom. The lowest BCUT2D eigenvalue weighted by molar-refractivity contribution is 0.393. The lowest BCUT2D eigenvalue weighted by Crippen LogP contribution is -2.01. The first-order chi connectivity index (χ1) is 7.30. The number of hydrogen-bond acceptors (Lipinski definition) is 4. The predicted octanol–water partition coefficient (Wildman–Crippen LogP) is 1.90. The van der Waals surface area contributed by atoms with E-state index in [0.29, 0.717) is 6.54 Å². The van der Waals surface area contributed by atoms with Crippen LogP contribution in [0.2, 0.25) is 0 Å². The second-order valence-corrected chi connectivity index (χ2v) is 4.17. The van der Waals surface area contributed by atoms with E-state index in [2.05, 4.69) is 0 Å². The lowest BCUT2D eigenvalue weighted by Gasteiger charge is -2.07. The van der Waals surface area contributed by atoms with Crippen LogP contribution in [0.1, 0.15) is 5.56 Å². The van der Waals surface area contributed by atoms with Gasteiger partial charge >= 0.3 is 0 Å². The van der Waals surface area contributed by atoms with Crippen LogP contribution in [-0.4, -0.2) is 26.5 Å². The van der Waals surface area contributed by atoms with E-state index in [-0.39, 0.29) is 0 Å². The highest BCUT2D eigenvalue weighted by atomic mass is 32.2. The van der Waals surface area contributed by atoms with Gasteiger partial charge in [0, 0.05) is 24.1 Å². The predicted molar refractivity (Wildman–Crippen MR) is 64.8 cm³/mol. The molecule has 0 aliphatic carbocycles. The van der Waals surface area contributed by atoms with Gasteiger partial charge in [0.2, 0.25) is 0 Å². The third-order valence-electron chi connectivity index (χ3n) is 1.94. The summed E-state index contributed by atoms with van der Waals surface area (Å²) in [7, 11) is 3.32. The fourth-order valence-electron chi connectivity index (χ4n) is 1.22. The third kappa shape index (κ3) is 4.01. The molecule has 4 heteroatoms. The minimum absolute atomic E-state index is 0.714. The SMILES string of the molecule is COc1cc(CSCCN)cc(OC)c1. The van der Waals surface area contributed by atoms with Gasteiger partial charge in [-0.1, -0.05) is 0 Å². The van der Waals surface area contributed by atoms with E-state index in [4.69, 9.17) is 15.2 Å². The van der Waals surface area contributed by atoms with Crippen LogP contribution in [0.25, 0.3) is 0 Å². The maximum Gasteiger partial charge on any atom is 0.122 e. The molecule has 15 heavy (non-hydrogen) atoms. The molecule has 0 saturated carbocycles. The Bertz CT molecular complexity index is 282. The fraction of sp³-hybridized carbons (Fsp3) is 0.455. The molecule has 0 aliphatic heterocycles. The van der Waals surface area contributed by atoms with Crippen LogP contribution in [0, 0.1) is 0 Å². The molecule has 1 aromatic rings. The smallest absolute Gasteiger partial charge is 0.122 e. The van der Waals surface area contributed by atoms with Gasteiger partial charge in [-0.2, -0.15) is 11.8 Å². The number of hydrogen-bond donors (Lipinski definition) is 1. The van der Waals surface area contributed by atoms with E-state index in [0.717, 1.165) is 23.0 Å². The standard InChI is InChI=1S/C11H17NO2S/c1-13-10-5-9(8-15-4-3-12)6-11(7-10)14-2/h5-7H,3-4,8,12H2,1-2H3. The molecule has 84 valence electrons. The van der Waals surface area contributed by atoms with Crippen molar-refractivity contribution in [3.63, 3.8) is 0 Å². The van der Waals surface area contributed by atoms with Crippen molar-refractivity contribution < 1.29 is 9.47 Å². The van der Waals surface area contributed by atoms with E-state index in [9.17, 15) is 0 Å². The zero-order chi connectivity index (χ0) is 11.1. The van der Waals surface area contributed by atoms with Gasteiger partial charge in [-0.25, -0.2) is 0 Å². The summed E-state index contributed by atoms with van der Waals surface area (Å²) in [5, 5.41) is 0. The molecule has 1 aromatic carbocycles. The van der Waals surface area contributed by atoms with Gasteiger partial charge < -0.3 is 15.2 Å². The summed E-state index contributed by atoms with van der Waals surface area (Å²) in [6.45, 7) is 0.714. The molecule has 0 bridgehead atoms. The van der Waals surface area contributed by atoms with E-state index in [1.54, 1.807) is 14.2 Å². The molecule has 0 fully saturated rings. The average molecular weight is 227 g/mol. The Hall–Kier alpha value is -0.870. The maximum absolute atomic E-state index is 5.43. The number of thioether (sulfide) groups is 1. The summed E-state index contributed by atoms with van der Waals surface area (Å²) < 4.78 is 10.4. The van der Waals surface area contributed by atoms with E-state index in [1.807, 2.05) is 30.0 Å². The molecule has 0 amide bonds. The number of methoxy groups -OCH3 is 2. The molecule has 0 radical (unpaired) electrons. The summed E-state index contributed by atoms with van der Waals surface area (Å²) in [5.74, 6) is 3.57. The quantitative estimate of drug-likeness (QED) is 0.754. The molecule has 3 nitrogen and oxygen atoms in total. The second-order valence-electron chi connectivity index (χ2n) is 3.06. The zero-order valence-electron chi connectivity index (χ0n) is 9.16. The van der Waals surface area contributed by atoms with Crippen LogP contribution in [0.4, 0.5) is 0 Å². The van der Waals surface area contributed by atoms with Gasteiger partial charge in [-0.3, -0.25) is 0 Å². The van der Waals surface area contributed by atoms with Gasteiger partial charge in [0.25, 0.3) is 0 Å². The molecule has 0 aromatic heterocycles. The van der Waals surface area contributed by atoms with Gasteiger partial charge in [0.1, 0.15) is 11.5 Å². The van der Waals surface area contributed by atoms with Crippen LogP contribution in [0.3, 0.4) is 0 Å². The average Bonchev–Trinajstić information content (AvgIpc) is 2.29. The summed E-state index contributed by atoms with van der Waals surface area (Å²) in [4.78, 5) is 0. The molecule has 0 aliphatic rings. The Balaban J connectivity index is 2.68. The Labute approximate surface area is 94.9 Å². The highest BCUT2D eigenvalue weighted by molar-refractivity contribution is 7.98. The maximum atomic E-state index is 5.43. The third-order valence-corrected chi connectivity index (χ3v) is 3.00. The van der Waals surface area contributed by atoms with Crippen LogP contribution < -0.4 is 15.2 Å². The van der Waals surface area contributed by atoms with Crippen molar-refractivity contribution in [1.29, 1.82) is 0 Å². The number of nitrogens with two attached hydrogens (primary N) is 1. The highest BCUT2D eigenvalue weighted by Crippen LogP contribution is 2.24. The first kappa shape index (κ1) is 12.2. The minimum Gasteiger partial charge on any atom is -0.497 e. The normalized spacial score (nSPS) is 10.1. The van der Waals surface area contributed by atoms with Crippen LogP contribution >= 0.6 is 11.8 Å². The first-order valence-electron chi connectivity index (χ1n) is 4.80. The summed E-state index contributed by atoms with van der Waals surface area (Å²) in [6.07, 6.45) is 0. The van der Waals surface area contributed by atoms with Crippen LogP contribution in [-0.2, 0) is 5.75 Å². The van der Waals surface area contributed by atoms with Gasteiger partial charge in [0.05, 0.1) is 14.2 Å². The monoisotopic (exact) mass is 227 g/mol. The number of ether oxygens (including phenoxy) is 2. The van der Waals surface area contributed by atoms with Crippen molar-refractivity contribution in [1.82, 2.24) is 0 Å². The van der Waals surface area contributed by atoms with Gasteiger partial charge in [-0.05, 0) is 17.7 Å². The molecule has 0 unspecified atom stereocenters. The van der Waals surface area contributed by atoms with Crippen molar-refractivity contribution in [2.45, 2.75) is 5.75 Å². The van der Waals surface area contributed by atoms with Crippen molar-refractivity contribution in [2.75, 3.05) is 26.5 Å². The molecule has 1 rings (SSSR count). The van der Waals surface area contributed by atoms with E-state index < -0.39 is 0 Å². The Kier molecular flexibility index (Phi) is 5.36. The topological polar surface area (TPSA) is 44.5 Å². The molecular weight excluding hydrogens is 210 g/mol. The fourth-order valence-corrected chi connectivity index (χ4v) is 1.94. The van der Waals surface area contributed by atoms with Crippen molar-refractivity contribution in [3.05, 3.63) is 23.8 Å². The minimum atomic E-state index is 0.714. The zero-order valence-corrected chi connectivity index (χ0v) is 9.97. The molecule has 0 saturated heterocycles. The highest BCUT2D eigenvalue weighted by Gasteiger charge is 2.01. The van der Waals surface area contributed by atoms with Crippen LogP contribution in [0.5, 0.6) is 11.5 Å². The molecule has 0 spiro atoms. The summed E-state index contributed by atoms with van der Waals surface area (Å²) in [6, 6.07) is 5.91. The van der Waals surface area contributed by atoms with E-state index >= 15 is 0 Å². The Morgan fingerprint density at radius 3 is 2.20 bits per heavy atom. The number of rotatable bonds is 6. The van der Waals surface area contributed by atoms with Crippen molar-refractivity contribution in [2.24, 2.45) is 5.73 Å². The number of benzene rings is 1. The van der Waals surface area contributed by atoms with Crippen LogP contribution in [0.15, 0.2) is 18.2 Å². The van der Waals surface area contributed by atoms with Gasteiger partial charge in [0.15, 0.2) is 0 Å². The first-order valence-corrected chi connectivity index (χ1v) is 5.95. The lowest BCUT2D eigenvalue weighted by atomic mass is 10.2. The van der Waals surface area contributed by atoms with Gasteiger partial charge in [-0.15, -0.1) is 0 Å². The largest absolute Gasteiger partial charge is 0.497 e. The molecule has 0 heterocycles. The molecule has 2 N–H and O–H groups in total. The molecular formula is C11H17NO2S. The summed E-state index contributed by atoms with van der Waals surface area (Å²) in [5.41, 5.74) is 6.63. The Morgan fingerprint density at radius 1 is 1.13 bits per heavy atom.